The van der Waals surface area contributed by atoms with Crippen molar-refractivity contribution in [2.24, 2.45) is 0 Å². The fourth-order valence-electron chi connectivity index (χ4n) is 4.54. The first-order valence-electron chi connectivity index (χ1n) is 12.3. The fourth-order valence-corrected chi connectivity index (χ4v) is 4.79. The van der Waals surface area contributed by atoms with E-state index >= 15 is 0 Å². The van der Waals surface area contributed by atoms with Gasteiger partial charge in [0.1, 0.15) is 6.54 Å². The molecule has 1 aliphatic rings. The lowest BCUT2D eigenvalue weighted by molar-refractivity contribution is -0.117. The summed E-state index contributed by atoms with van der Waals surface area (Å²) in [7, 11) is 0. The first-order valence-corrected chi connectivity index (χ1v) is 13.1. The van der Waals surface area contributed by atoms with Crippen LogP contribution >= 0.6 is 15.9 Å². The maximum atomic E-state index is 13.7. The van der Waals surface area contributed by atoms with Crippen molar-refractivity contribution in [2.75, 3.05) is 11.9 Å². The molecule has 0 saturated heterocycles. The van der Waals surface area contributed by atoms with Gasteiger partial charge in [-0.2, -0.15) is 0 Å². The van der Waals surface area contributed by atoms with Gasteiger partial charge in [0, 0.05) is 22.1 Å². The third-order valence-electron chi connectivity index (χ3n) is 6.44. The van der Waals surface area contributed by atoms with E-state index in [4.69, 9.17) is 9.47 Å². The molecule has 1 N–H and O–H groups in total. The van der Waals surface area contributed by atoms with Crippen LogP contribution in [0.1, 0.15) is 36.1 Å². The average Bonchev–Trinajstić information content (AvgIpc) is 3.15. The van der Waals surface area contributed by atoms with Gasteiger partial charge in [0.15, 0.2) is 11.5 Å². The molecule has 0 unspecified atom stereocenters. The molecular formula is C29H28BrN3O4. The number of benzene rings is 3. The predicted molar refractivity (Wildman–Crippen MR) is 147 cm³/mol. The molecule has 0 spiro atoms. The minimum absolute atomic E-state index is 0.110. The molecule has 7 nitrogen and oxygen atoms in total. The number of aromatic nitrogens is 2. The first-order chi connectivity index (χ1) is 17.9. The summed E-state index contributed by atoms with van der Waals surface area (Å²) < 4.78 is 16.2. The van der Waals surface area contributed by atoms with Crippen LogP contribution in [0, 0.1) is 6.92 Å². The zero-order valence-electron chi connectivity index (χ0n) is 21.0. The standard InChI is InChI=1S/C29H28BrN3O4/c1-4-19-9-12-22(13-10-19)33-28(35)23-16-20-7-6-8-25(36-5-2)27(20)37-29(23)32(33)17-26(34)31-21-11-14-24(30)18(3)15-21/h6-15H,4-5,16-17H2,1-3H3,(H,31,34). The Morgan fingerprint density at radius 3 is 2.59 bits per heavy atom. The van der Waals surface area contributed by atoms with Crippen LogP contribution in [0.4, 0.5) is 5.69 Å². The number of nitrogens with zero attached hydrogens (tertiary/aromatic N) is 2. The molecule has 37 heavy (non-hydrogen) atoms. The topological polar surface area (TPSA) is 74.5 Å². The Morgan fingerprint density at radius 2 is 1.89 bits per heavy atom. The number of ether oxygens (including phenoxy) is 2. The number of halogens is 1. The number of amides is 1. The number of hydrogen-bond donors (Lipinski definition) is 1. The number of carbonyl (C=O) groups is 1. The van der Waals surface area contributed by atoms with E-state index in [0.29, 0.717) is 47.3 Å². The number of nitrogens with one attached hydrogen (secondary N) is 1. The van der Waals surface area contributed by atoms with Crippen molar-refractivity contribution in [3.8, 4) is 23.1 Å². The number of para-hydroxylation sites is 1. The van der Waals surface area contributed by atoms with E-state index in [2.05, 4.69) is 28.2 Å². The maximum Gasteiger partial charge on any atom is 0.278 e. The Morgan fingerprint density at radius 1 is 1.11 bits per heavy atom. The van der Waals surface area contributed by atoms with Crippen molar-refractivity contribution < 1.29 is 14.3 Å². The third kappa shape index (κ3) is 4.81. The van der Waals surface area contributed by atoms with Gasteiger partial charge in [-0.05, 0) is 67.8 Å². The number of carbonyl (C=O) groups excluding carboxylic acids is 1. The Balaban J connectivity index is 1.58. The highest BCUT2D eigenvalue weighted by Gasteiger charge is 2.31. The molecule has 1 amide bonds. The Kier molecular flexibility index (Phi) is 6.93. The first kappa shape index (κ1) is 24.9. The number of rotatable bonds is 7. The summed E-state index contributed by atoms with van der Waals surface area (Å²) in [6, 6.07) is 19.1. The quantitative estimate of drug-likeness (QED) is 0.264. The summed E-state index contributed by atoms with van der Waals surface area (Å²) in [5.41, 5.74) is 4.68. The van der Waals surface area contributed by atoms with Crippen LogP contribution in [0.3, 0.4) is 0 Å². The van der Waals surface area contributed by atoms with Gasteiger partial charge in [-0.25, -0.2) is 9.36 Å². The minimum Gasteiger partial charge on any atom is -0.490 e. The lowest BCUT2D eigenvalue weighted by atomic mass is 10.0. The summed E-state index contributed by atoms with van der Waals surface area (Å²) in [5.74, 6) is 1.27. The van der Waals surface area contributed by atoms with Crippen LogP contribution in [-0.4, -0.2) is 21.9 Å². The van der Waals surface area contributed by atoms with Crippen molar-refractivity contribution in [2.45, 2.75) is 40.2 Å². The molecule has 0 saturated carbocycles. The van der Waals surface area contributed by atoms with Gasteiger partial charge in [-0.15, -0.1) is 0 Å². The van der Waals surface area contributed by atoms with E-state index in [9.17, 15) is 9.59 Å². The van der Waals surface area contributed by atoms with Crippen molar-refractivity contribution in [3.63, 3.8) is 0 Å². The summed E-state index contributed by atoms with van der Waals surface area (Å²) in [5, 5.41) is 2.95. The molecule has 1 aliphatic heterocycles. The molecule has 4 aromatic rings. The SMILES string of the molecule is CCOc1cccc2c1Oc1c(c(=O)n(-c3ccc(CC)cc3)n1CC(=O)Nc1ccc(Br)c(C)c1)C2. The largest absolute Gasteiger partial charge is 0.490 e. The second-order valence-electron chi connectivity index (χ2n) is 8.95. The van der Waals surface area contributed by atoms with Gasteiger partial charge in [0.25, 0.3) is 5.56 Å². The lowest BCUT2D eigenvalue weighted by Gasteiger charge is -2.21. The second kappa shape index (κ2) is 10.3. The van der Waals surface area contributed by atoms with E-state index in [1.165, 1.54) is 4.68 Å². The number of hydrogen-bond acceptors (Lipinski definition) is 4. The lowest BCUT2D eigenvalue weighted by Crippen LogP contribution is -2.27. The number of anilines is 1. The molecular weight excluding hydrogens is 534 g/mol. The zero-order valence-corrected chi connectivity index (χ0v) is 22.6. The molecule has 0 aliphatic carbocycles. The summed E-state index contributed by atoms with van der Waals surface area (Å²) >= 11 is 3.49. The molecule has 0 bridgehead atoms. The highest BCUT2D eigenvalue weighted by atomic mass is 79.9. The number of fused-ring (bicyclic) bond motifs is 2. The fraction of sp³-hybridized carbons (Fsp3) is 0.241. The third-order valence-corrected chi connectivity index (χ3v) is 7.32. The molecule has 0 radical (unpaired) electrons. The Labute approximate surface area is 223 Å². The molecule has 8 heteroatoms. The Hall–Kier alpha value is -3.78. The van der Waals surface area contributed by atoms with E-state index in [1.807, 2.05) is 74.5 Å². The monoisotopic (exact) mass is 561 g/mol. The molecule has 1 aromatic heterocycles. The van der Waals surface area contributed by atoms with Crippen molar-refractivity contribution in [1.82, 2.24) is 9.36 Å². The zero-order chi connectivity index (χ0) is 26.1. The number of aryl methyl sites for hydroxylation is 2. The van der Waals surface area contributed by atoms with Gasteiger partial charge >= 0.3 is 0 Å². The van der Waals surface area contributed by atoms with Gasteiger partial charge in [-0.3, -0.25) is 9.59 Å². The van der Waals surface area contributed by atoms with Crippen LogP contribution in [0.2, 0.25) is 0 Å². The second-order valence-corrected chi connectivity index (χ2v) is 9.80. The Bertz CT molecular complexity index is 1540. The molecule has 190 valence electrons. The van der Waals surface area contributed by atoms with Gasteiger partial charge in [0.05, 0.1) is 17.9 Å². The summed E-state index contributed by atoms with van der Waals surface area (Å²) in [6.07, 6.45) is 1.28. The molecule has 3 aromatic carbocycles. The van der Waals surface area contributed by atoms with Crippen LogP contribution in [-0.2, 0) is 24.2 Å². The van der Waals surface area contributed by atoms with Crippen molar-refractivity contribution >= 4 is 27.5 Å². The van der Waals surface area contributed by atoms with Crippen LogP contribution < -0.4 is 20.3 Å². The van der Waals surface area contributed by atoms with Gasteiger partial charge in [0.2, 0.25) is 11.8 Å². The molecule has 0 fully saturated rings. The molecule has 2 heterocycles. The van der Waals surface area contributed by atoms with Crippen molar-refractivity contribution in [3.05, 3.63) is 97.7 Å². The van der Waals surface area contributed by atoms with E-state index in [-0.39, 0.29) is 18.0 Å². The maximum absolute atomic E-state index is 13.7. The smallest absolute Gasteiger partial charge is 0.278 e. The van der Waals surface area contributed by atoms with Gasteiger partial charge in [-0.1, -0.05) is 47.1 Å². The van der Waals surface area contributed by atoms with Crippen LogP contribution in [0.15, 0.2) is 69.9 Å². The van der Waals surface area contributed by atoms with Crippen LogP contribution in [0.5, 0.6) is 17.4 Å². The van der Waals surface area contributed by atoms with E-state index in [1.54, 1.807) is 4.68 Å². The van der Waals surface area contributed by atoms with Crippen molar-refractivity contribution in [1.29, 1.82) is 0 Å². The van der Waals surface area contributed by atoms with E-state index < -0.39 is 0 Å². The van der Waals surface area contributed by atoms with Crippen LogP contribution in [0.25, 0.3) is 5.69 Å². The molecule has 0 atom stereocenters. The minimum atomic E-state index is -0.272. The van der Waals surface area contributed by atoms with Gasteiger partial charge < -0.3 is 14.8 Å². The predicted octanol–water partition coefficient (Wildman–Crippen LogP) is 6.01. The highest BCUT2D eigenvalue weighted by molar-refractivity contribution is 9.10. The summed E-state index contributed by atoms with van der Waals surface area (Å²) in [4.78, 5) is 27.0. The highest BCUT2D eigenvalue weighted by Crippen LogP contribution is 2.42. The molecule has 5 rings (SSSR count). The average molecular weight is 562 g/mol. The summed E-state index contributed by atoms with van der Waals surface area (Å²) in [6.45, 7) is 6.33. The van der Waals surface area contributed by atoms with E-state index in [0.717, 1.165) is 27.6 Å². The normalized spacial score (nSPS) is 11.9.